The predicted octanol–water partition coefficient (Wildman–Crippen LogP) is 1.05. The number of unbranched alkanes of at least 4 members (excludes halogenated alkanes) is 1. The summed E-state index contributed by atoms with van der Waals surface area (Å²) < 4.78 is 10.6. The van der Waals surface area contributed by atoms with Crippen LogP contribution in [0.4, 0.5) is 4.79 Å². The molecule has 5 atom stereocenters. The molecule has 23 heteroatoms. The molecule has 0 spiro atoms. The number of nitro groups is 1. The van der Waals surface area contributed by atoms with E-state index in [0.29, 0.717) is 11.1 Å². The van der Waals surface area contributed by atoms with Gasteiger partial charge in [-0.2, -0.15) is 0 Å². The second kappa shape index (κ2) is 29.0. The highest BCUT2D eigenvalue weighted by Crippen LogP contribution is 2.13. The van der Waals surface area contributed by atoms with Crippen LogP contribution in [0.5, 0.6) is 5.75 Å². The lowest BCUT2D eigenvalue weighted by atomic mass is 10.0. The van der Waals surface area contributed by atoms with Gasteiger partial charge in [0.25, 0.3) is 5.96 Å². The number of nitrogens with two attached hydrogens (primary N) is 2. The number of esters is 1. The summed E-state index contributed by atoms with van der Waals surface area (Å²) in [6.45, 7) is 2.89. The number of aromatic hydroxyl groups is 1. The highest BCUT2D eigenvalue weighted by atomic mass is 16.7. The number of phenols is 1. The maximum Gasteiger partial charge on any atom is 0.407 e. The van der Waals surface area contributed by atoms with Crippen LogP contribution in [0.1, 0.15) is 69.1 Å². The Morgan fingerprint density at radius 3 is 1.79 bits per heavy atom. The molecule has 0 radical (unpaired) electrons. The Kier molecular flexibility index (Phi) is 23.2. The van der Waals surface area contributed by atoms with Crippen LogP contribution >= 0.6 is 0 Å². The van der Waals surface area contributed by atoms with Crippen molar-refractivity contribution in [1.82, 2.24) is 32.0 Å². The average Bonchev–Trinajstić information content (AvgIpc) is 3.30. The number of phenolic OH excluding ortho intramolecular Hbond substituents is 1. The van der Waals surface area contributed by atoms with E-state index in [9.17, 15) is 53.9 Å². The molecule has 3 aromatic rings. The number of alkyl carbamates (subject to hydrolysis) is 1. The molecule has 3 aromatic carbocycles. The van der Waals surface area contributed by atoms with Gasteiger partial charge in [0.1, 0.15) is 43.1 Å². The van der Waals surface area contributed by atoms with Crippen LogP contribution in [0.2, 0.25) is 0 Å². The summed E-state index contributed by atoms with van der Waals surface area (Å²) >= 11 is 0. The Hall–Kier alpha value is -7.82. The first-order valence-corrected chi connectivity index (χ1v) is 21.7. The lowest BCUT2D eigenvalue weighted by Gasteiger charge is -2.27. The van der Waals surface area contributed by atoms with E-state index in [2.05, 4.69) is 31.6 Å². The van der Waals surface area contributed by atoms with E-state index in [0.717, 1.165) is 5.56 Å². The number of hydrogen-bond acceptors (Lipinski definition) is 14. The molecular formula is C45H60N10O13. The zero-order valence-corrected chi connectivity index (χ0v) is 37.8. The SMILES string of the molecule is CC(C)[C@H](NC(=O)[C@H](CC(=O)OCc1ccccc1)NC(=O)[C@H](CCCCNC(=O)OCc1ccccc1)NC(=O)[C@H](CCCN=C(N)N[N+](=O)[O-])NC(=O)[C@@H](N)Cc1ccc(O)cc1)C(=O)O. The zero-order chi connectivity index (χ0) is 50.0. The molecule has 12 N–H and O–H groups in total. The van der Waals surface area contributed by atoms with Crippen LogP contribution < -0.4 is 43.5 Å². The number of aliphatic carboxylic acids is 1. The number of carboxylic acids is 1. The second-order valence-electron chi connectivity index (χ2n) is 15.8. The molecule has 68 heavy (non-hydrogen) atoms. The van der Waals surface area contributed by atoms with Crippen molar-refractivity contribution in [3.8, 4) is 5.75 Å². The molecule has 5 amide bonds. The zero-order valence-electron chi connectivity index (χ0n) is 37.8. The van der Waals surface area contributed by atoms with Gasteiger partial charge in [-0.25, -0.2) is 24.7 Å². The average molecular weight is 949 g/mol. The lowest BCUT2D eigenvalue weighted by Crippen LogP contribution is -2.59. The summed E-state index contributed by atoms with van der Waals surface area (Å²) in [5, 5.41) is 41.9. The number of guanidine groups is 1. The normalized spacial score (nSPS) is 13.3. The van der Waals surface area contributed by atoms with Gasteiger partial charge in [0.05, 0.1) is 12.5 Å². The van der Waals surface area contributed by atoms with E-state index in [4.69, 9.17) is 20.9 Å². The number of hydrazine groups is 1. The smallest absolute Gasteiger partial charge is 0.407 e. The first kappa shape index (κ1) is 54.5. The Balaban J connectivity index is 1.87. The first-order chi connectivity index (χ1) is 32.4. The van der Waals surface area contributed by atoms with Crippen molar-refractivity contribution in [2.24, 2.45) is 22.4 Å². The van der Waals surface area contributed by atoms with Gasteiger partial charge in [0.15, 0.2) is 5.03 Å². The van der Waals surface area contributed by atoms with E-state index in [-0.39, 0.29) is 70.6 Å². The van der Waals surface area contributed by atoms with E-state index in [1.807, 2.05) is 6.07 Å². The number of benzene rings is 3. The summed E-state index contributed by atoms with van der Waals surface area (Å²) in [4.78, 5) is 108. The number of nitrogens with one attached hydrogen (secondary N) is 6. The Bertz CT molecular complexity index is 2160. The Morgan fingerprint density at radius 2 is 1.24 bits per heavy atom. The molecule has 23 nitrogen and oxygen atoms in total. The number of amides is 5. The third kappa shape index (κ3) is 21.0. The van der Waals surface area contributed by atoms with E-state index < -0.39 is 95.2 Å². The lowest BCUT2D eigenvalue weighted by molar-refractivity contribution is -0.525. The van der Waals surface area contributed by atoms with Gasteiger partial charge in [-0.3, -0.25) is 24.0 Å². The standard InChI is InChI=1S/C45H60N10O13/c1-28(2)38(43(62)63)53-42(61)36(25-37(57)67-26-30-12-5-3-6-13-30)52-41(60)34(16-9-10-22-49-45(64)68-27-31-14-7-4-8-15-31)51-40(59)35(17-11-23-48-44(47)54-55(65)66)50-39(58)33(46)24-29-18-20-32(56)21-19-29/h3-8,12-15,18-21,28,33-36,38,56H,9-11,16-17,22-27,46H2,1-2H3,(H,49,64)(H,50,58)(H,51,59)(H,52,60)(H,53,61)(H,62,63)(H3,47,48,54)/t33-,34-,35-,36-,38-/m0/s1. The molecule has 0 saturated carbocycles. The molecule has 0 aliphatic rings. The van der Waals surface area contributed by atoms with Crippen LogP contribution in [0.15, 0.2) is 89.9 Å². The molecule has 3 rings (SSSR count). The van der Waals surface area contributed by atoms with Crippen LogP contribution in [-0.4, -0.2) is 106 Å². The minimum atomic E-state index is -1.70. The summed E-state index contributed by atoms with van der Waals surface area (Å²) in [5.41, 5.74) is 15.4. The fourth-order valence-corrected chi connectivity index (χ4v) is 6.34. The number of carboxylic acid groups (broad SMARTS) is 1. The summed E-state index contributed by atoms with van der Waals surface area (Å²) in [6.07, 6.45) is -1.24. The van der Waals surface area contributed by atoms with Crippen molar-refractivity contribution in [3.05, 3.63) is 112 Å². The van der Waals surface area contributed by atoms with Crippen molar-refractivity contribution in [2.75, 3.05) is 13.1 Å². The van der Waals surface area contributed by atoms with E-state index >= 15 is 0 Å². The molecule has 0 bridgehead atoms. The third-order valence-electron chi connectivity index (χ3n) is 10.0. The monoisotopic (exact) mass is 948 g/mol. The van der Waals surface area contributed by atoms with Gasteiger partial charge in [-0.1, -0.05) is 92.1 Å². The topological polar surface area (TPSA) is 358 Å². The molecule has 0 aromatic heterocycles. The molecule has 0 unspecified atom stereocenters. The van der Waals surface area contributed by atoms with Crippen molar-refractivity contribution in [1.29, 1.82) is 0 Å². The van der Waals surface area contributed by atoms with Gasteiger partial charge in [-0.05, 0) is 73.3 Å². The quantitative estimate of drug-likeness (QED) is 0.0121. The van der Waals surface area contributed by atoms with Crippen LogP contribution in [-0.2, 0) is 57.9 Å². The minimum Gasteiger partial charge on any atom is -0.508 e. The number of carbonyl (C=O) groups excluding carboxylic acids is 6. The molecule has 0 aliphatic carbocycles. The van der Waals surface area contributed by atoms with Crippen molar-refractivity contribution in [3.63, 3.8) is 0 Å². The fourth-order valence-electron chi connectivity index (χ4n) is 6.34. The second-order valence-corrected chi connectivity index (χ2v) is 15.8. The third-order valence-corrected chi connectivity index (χ3v) is 10.0. The minimum absolute atomic E-state index is 0.00346. The largest absolute Gasteiger partial charge is 0.508 e. The van der Waals surface area contributed by atoms with Gasteiger partial charge in [-0.15, -0.1) is 0 Å². The van der Waals surface area contributed by atoms with Gasteiger partial charge in [0.2, 0.25) is 23.6 Å². The number of ether oxygens (including phenoxy) is 2. The van der Waals surface area contributed by atoms with Crippen molar-refractivity contribution >= 4 is 47.6 Å². The molecule has 0 saturated heterocycles. The summed E-state index contributed by atoms with van der Waals surface area (Å²) in [5.74, 6) is -7.09. The first-order valence-electron chi connectivity index (χ1n) is 21.7. The van der Waals surface area contributed by atoms with Crippen molar-refractivity contribution < 1.29 is 58.3 Å². The maximum atomic E-state index is 14.2. The number of carbonyl (C=O) groups is 7. The fraction of sp³-hybridized carbons (Fsp3) is 0.422. The van der Waals surface area contributed by atoms with Crippen molar-refractivity contribution in [2.45, 2.75) is 102 Å². The molecular weight excluding hydrogens is 889 g/mol. The highest BCUT2D eigenvalue weighted by molar-refractivity contribution is 5.96. The molecule has 368 valence electrons. The van der Waals surface area contributed by atoms with Gasteiger partial charge < -0.3 is 57.7 Å². The summed E-state index contributed by atoms with van der Waals surface area (Å²) in [7, 11) is 0. The van der Waals surface area contributed by atoms with Crippen LogP contribution in [0.25, 0.3) is 0 Å². The van der Waals surface area contributed by atoms with E-state index in [1.165, 1.54) is 12.1 Å². The van der Waals surface area contributed by atoms with Gasteiger partial charge in [0, 0.05) is 13.1 Å². The predicted molar refractivity (Wildman–Crippen MR) is 245 cm³/mol. The van der Waals surface area contributed by atoms with Crippen LogP contribution in [0, 0.1) is 16.0 Å². The molecule has 0 aliphatic heterocycles. The number of nitrogens with zero attached hydrogens (tertiary/aromatic N) is 2. The highest BCUT2D eigenvalue weighted by Gasteiger charge is 2.34. The summed E-state index contributed by atoms with van der Waals surface area (Å²) in [6, 6.07) is 16.4. The number of aliphatic imine (C=N–C) groups is 1. The van der Waals surface area contributed by atoms with E-state index in [1.54, 1.807) is 86.0 Å². The van der Waals surface area contributed by atoms with Crippen LogP contribution in [0.3, 0.4) is 0 Å². The number of rotatable bonds is 28. The molecule has 0 heterocycles. The van der Waals surface area contributed by atoms with Gasteiger partial charge >= 0.3 is 18.0 Å². The maximum absolute atomic E-state index is 14.2. The Morgan fingerprint density at radius 1 is 0.706 bits per heavy atom. The molecule has 0 fully saturated rings. The Labute approximate surface area is 392 Å². The number of hydrogen-bond donors (Lipinski definition) is 10.